The monoisotopic (exact) mass is 250 g/mol. The zero-order chi connectivity index (χ0) is 13.3. The molecule has 3 nitrogen and oxygen atoms in total. The van der Waals surface area contributed by atoms with Crippen LogP contribution in [0.15, 0.2) is 24.4 Å². The van der Waals surface area contributed by atoms with Gasteiger partial charge in [-0.1, -0.05) is 0 Å². The van der Waals surface area contributed by atoms with Gasteiger partial charge in [-0.05, 0) is 24.6 Å². The summed E-state index contributed by atoms with van der Waals surface area (Å²) >= 11 is 0. The first-order valence-corrected chi connectivity index (χ1v) is 5.44. The Balaban J connectivity index is 2.24. The summed E-state index contributed by atoms with van der Waals surface area (Å²) in [5.41, 5.74) is 1.53. The minimum atomic E-state index is -0.680. The van der Waals surface area contributed by atoms with E-state index in [-0.39, 0.29) is 12.2 Å². The zero-order valence-corrected chi connectivity index (χ0v) is 10.1. The molecule has 1 aromatic heterocycles. The van der Waals surface area contributed by atoms with Crippen LogP contribution in [0.25, 0.3) is 0 Å². The highest BCUT2D eigenvalue weighted by Gasteiger charge is 2.14. The average Bonchev–Trinajstić information content (AvgIpc) is 2.58. The van der Waals surface area contributed by atoms with Gasteiger partial charge in [0.15, 0.2) is 5.78 Å². The number of Topliss-reactive ketones (excluding diaryl/α,β-unsaturated/α-hetero) is 1. The molecule has 2 aromatic rings. The van der Waals surface area contributed by atoms with E-state index in [1.807, 2.05) is 0 Å². The van der Waals surface area contributed by atoms with E-state index in [0.717, 1.165) is 23.9 Å². The van der Waals surface area contributed by atoms with Crippen molar-refractivity contribution < 1.29 is 13.6 Å². The Hall–Kier alpha value is -2.04. The van der Waals surface area contributed by atoms with Crippen molar-refractivity contribution in [3.05, 3.63) is 52.9 Å². The molecule has 0 aliphatic carbocycles. The molecule has 94 valence electrons. The summed E-state index contributed by atoms with van der Waals surface area (Å²) in [6.45, 7) is 1.77. The molecule has 2 rings (SSSR count). The Bertz CT molecular complexity index is 585. The molecule has 1 aromatic carbocycles. The number of carbonyl (C=O) groups excluding carboxylic acids is 1. The molecule has 18 heavy (non-hydrogen) atoms. The maximum atomic E-state index is 13.0. The zero-order valence-electron chi connectivity index (χ0n) is 10.1. The average molecular weight is 250 g/mol. The number of nitrogens with zero attached hydrogens (tertiary/aromatic N) is 2. The molecule has 0 atom stereocenters. The van der Waals surface area contributed by atoms with Crippen LogP contribution in [0.5, 0.6) is 0 Å². The van der Waals surface area contributed by atoms with Gasteiger partial charge in [-0.25, -0.2) is 8.78 Å². The normalized spacial score (nSPS) is 10.7. The lowest BCUT2D eigenvalue weighted by atomic mass is 10.0. The Morgan fingerprint density at radius 1 is 1.28 bits per heavy atom. The fourth-order valence-electron chi connectivity index (χ4n) is 1.77. The van der Waals surface area contributed by atoms with Gasteiger partial charge >= 0.3 is 0 Å². The molecule has 1 heterocycles. The second-order valence-electron chi connectivity index (χ2n) is 4.14. The molecule has 0 radical (unpaired) electrons. The van der Waals surface area contributed by atoms with E-state index in [1.165, 1.54) is 6.20 Å². The van der Waals surface area contributed by atoms with Gasteiger partial charge in [0.25, 0.3) is 0 Å². The SMILES string of the molecule is Cc1c(C(=O)Cc2cc(F)cc(F)c2)cnn1C. The number of benzene rings is 1. The molecule has 0 aliphatic rings. The standard InChI is InChI=1S/C13H12F2N2O/c1-8-12(7-16-17(8)2)13(18)5-9-3-10(14)6-11(15)4-9/h3-4,6-7H,5H2,1-2H3. The number of carbonyl (C=O) groups is 1. The van der Waals surface area contributed by atoms with Gasteiger partial charge in [0.2, 0.25) is 0 Å². The van der Waals surface area contributed by atoms with E-state index in [2.05, 4.69) is 5.10 Å². The van der Waals surface area contributed by atoms with Crippen LogP contribution >= 0.6 is 0 Å². The van der Waals surface area contributed by atoms with Gasteiger partial charge in [0.1, 0.15) is 11.6 Å². The number of aryl methyl sites for hydroxylation is 1. The van der Waals surface area contributed by atoms with E-state index < -0.39 is 11.6 Å². The third kappa shape index (κ3) is 2.45. The summed E-state index contributed by atoms with van der Waals surface area (Å²) in [6.07, 6.45) is 1.43. The highest BCUT2D eigenvalue weighted by atomic mass is 19.1. The van der Waals surface area contributed by atoms with Crippen molar-refractivity contribution in [3.63, 3.8) is 0 Å². The van der Waals surface area contributed by atoms with Gasteiger partial charge in [-0.2, -0.15) is 5.10 Å². The van der Waals surface area contributed by atoms with Gasteiger partial charge in [0, 0.05) is 25.2 Å². The first-order chi connectivity index (χ1) is 8.47. The first-order valence-electron chi connectivity index (χ1n) is 5.44. The predicted octanol–water partition coefficient (Wildman–Crippen LogP) is 2.43. The molecule has 0 saturated heterocycles. The Morgan fingerprint density at radius 2 is 1.89 bits per heavy atom. The topological polar surface area (TPSA) is 34.9 Å². The number of rotatable bonds is 3. The van der Waals surface area contributed by atoms with Crippen LogP contribution < -0.4 is 0 Å². The number of aromatic nitrogens is 2. The second kappa shape index (κ2) is 4.68. The quantitative estimate of drug-likeness (QED) is 0.784. The van der Waals surface area contributed by atoms with E-state index in [4.69, 9.17) is 0 Å². The van der Waals surface area contributed by atoms with Crippen molar-refractivity contribution in [2.75, 3.05) is 0 Å². The van der Waals surface area contributed by atoms with Crippen molar-refractivity contribution in [2.45, 2.75) is 13.3 Å². The van der Waals surface area contributed by atoms with E-state index in [0.29, 0.717) is 11.1 Å². The van der Waals surface area contributed by atoms with Crippen LogP contribution in [0.1, 0.15) is 21.6 Å². The lowest BCUT2D eigenvalue weighted by molar-refractivity contribution is 0.0992. The fraction of sp³-hybridized carbons (Fsp3) is 0.231. The smallest absolute Gasteiger partial charge is 0.170 e. The summed E-state index contributed by atoms with van der Waals surface area (Å²) in [4.78, 5) is 12.0. The van der Waals surface area contributed by atoms with Crippen molar-refractivity contribution in [1.82, 2.24) is 9.78 Å². The van der Waals surface area contributed by atoms with Crippen molar-refractivity contribution in [3.8, 4) is 0 Å². The minimum Gasteiger partial charge on any atom is -0.294 e. The molecule has 0 spiro atoms. The van der Waals surface area contributed by atoms with E-state index >= 15 is 0 Å². The van der Waals surface area contributed by atoms with Crippen molar-refractivity contribution in [1.29, 1.82) is 0 Å². The Morgan fingerprint density at radius 3 is 2.39 bits per heavy atom. The lowest BCUT2D eigenvalue weighted by Gasteiger charge is -2.02. The van der Waals surface area contributed by atoms with Crippen LogP contribution in [-0.4, -0.2) is 15.6 Å². The van der Waals surface area contributed by atoms with Gasteiger partial charge in [-0.15, -0.1) is 0 Å². The molecule has 0 aliphatic heterocycles. The van der Waals surface area contributed by atoms with E-state index in [9.17, 15) is 13.6 Å². The maximum absolute atomic E-state index is 13.0. The van der Waals surface area contributed by atoms with Crippen LogP contribution in [0.4, 0.5) is 8.78 Å². The molecule has 5 heteroatoms. The van der Waals surface area contributed by atoms with Gasteiger partial charge < -0.3 is 0 Å². The van der Waals surface area contributed by atoms with Crippen LogP contribution in [0.3, 0.4) is 0 Å². The highest BCUT2D eigenvalue weighted by molar-refractivity contribution is 5.98. The van der Waals surface area contributed by atoms with E-state index in [1.54, 1.807) is 18.7 Å². The third-order valence-electron chi connectivity index (χ3n) is 2.82. The summed E-state index contributed by atoms with van der Waals surface area (Å²) in [7, 11) is 1.73. The summed E-state index contributed by atoms with van der Waals surface area (Å²) in [5, 5.41) is 3.96. The molecule has 0 fully saturated rings. The molecule has 0 unspecified atom stereocenters. The molecular formula is C13H12F2N2O. The molecule has 0 N–H and O–H groups in total. The molecule has 0 saturated carbocycles. The van der Waals surface area contributed by atoms with Crippen molar-refractivity contribution >= 4 is 5.78 Å². The number of halogens is 2. The largest absolute Gasteiger partial charge is 0.294 e. The van der Waals surface area contributed by atoms with Crippen LogP contribution in [0.2, 0.25) is 0 Å². The number of hydrogen-bond acceptors (Lipinski definition) is 2. The Kier molecular flexibility index (Phi) is 3.23. The molecule has 0 amide bonds. The number of hydrogen-bond donors (Lipinski definition) is 0. The summed E-state index contributed by atoms with van der Waals surface area (Å²) in [6, 6.07) is 3.10. The summed E-state index contributed by atoms with van der Waals surface area (Å²) in [5.74, 6) is -1.56. The first kappa shape index (κ1) is 12.4. The molecule has 0 bridgehead atoms. The highest BCUT2D eigenvalue weighted by Crippen LogP contribution is 2.13. The maximum Gasteiger partial charge on any atom is 0.170 e. The van der Waals surface area contributed by atoms with Crippen LogP contribution in [-0.2, 0) is 13.5 Å². The fourth-order valence-corrected chi connectivity index (χ4v) is 1.77. The minimum absolute atomic E-state index is 0.0405. The number of ketones is 1. The summed E-state index contributed by atoms with van der Waals surface area (Å²) < 4.78 is 27.6. The Labute approximate surface area is 103 Å². The molecular weight excluding hydrogens is 238 g/mol. The van der Waals surface area contributed by atoms with Crippen molar-refractivity contribution in [2.24, 2.45) is 7.05 Å². The van der Waals surface area contributed by atoms with Crippen LogP contribution in [0, 0.1) is 18.6 Å². The van der Waals surface area contributed by atoms with Gasteiger partial charge in [0.05, 0.1) is 11.8 Å². The lowest BCUT2D eigenvalue weighted by Crippen LogP contribution is -2.06. The third-order valence-corrected chi connectivity index (χ3v) is 2.82. The predicted molar refractivity (Wildman–Crippen MR) is 62.3 cm³/mol. The van der Waals surface area contributed by atoms with Gasteiger partial charge in [-0.3, -0.25) is 9.48 Å². The second-order valence-corrected chi connectivity index (χ2v) is 4.14.